The topological polar surface area (TPSA) is 26.0 Å². The number of terminal acetylenes is 1. The van der Waals surface area contributed by atoms with Crippen LogP contribution in [0.5, 0.6) is 0 Å². The molecule has 1 atom stereocenters. The van der Waals surface area contributed by atoms with Crippen LogP contribution in [0.4, 0.5) is 0 Å². The van der Waals surface area contributed by atoms with E-state index >= 15 is 0 Å². The van der Waals surface area contributed by atoms with Gasteiger partial charge in [0.1, 0.15) is 0 Å². The van der Waals surface area contributed by atoms with Crippen LogP contribution in [-0.2, 0) is 6.42 Å². The highest BCUT2D eigenvalue weighted by Crippen LogP contribution is 2.10. The second-order valence-electron chi connectivity index (χ2n) is 3.17. The van der Waals surface area contributed by atoms with Crippen molar-refractivity contribution in [1.29, 1.82) is 0 Å². The van der Waals surface area contributed by atoms with Crippen molar-refractivity contribution < 1.29 is 0 Å². The van der Waals surface area contributed by atoms with E-state index in [9.17, 15) is 0 Å². The Morgan fingerprint density at radius 3 is 2.77 bits per heavy atom. The SMILES string of the molecule is C#Cc1ccccc1CC(N)CC. The van der Waals surface area contributed by atoms with Crippen LogP contribution in [-0.4, -0.2) is 6.04 Å². The molecule has 0 bridgehead atoms. The van der Waals surface area contributed by atoms with Crippen LogP contribution in [0, 0.1) is 12.3 Å². The molecule has 0 amide bonds. The Morgan fingerprint density at radius 1 is 1.46 bits per heavy atom. The lowest BCUT2D eigenvalue weighted by Gasteiger charge is -2.09. The summed E-state index contributed by atoms with van der Waals surface area (Å²) in [5, 5.41) is 0. The van der Waals surface area contributed by atoms with E-state index in [-0.39, 0.29) is 6.04 Å². The van der Waals surface area contributed by atoms with Gasteiger partial charge in [-0.1, -0.05) is 31.0 Å². The molecule has 0 aliphatic carbocycles. The second-order valence-corrected chi connectivity index (χ2v) is 3.17. The molecule has 68 valence electrons. The number of rotatable bonds is 3. The first-order chi connectivity index (χ1) is 6.27. The summed E-state index contributed by atoms with van der Waals surface area (Å²) in [7, 11) is 0. The van der Waals surface area contributed by atoms with Gasteiger partial charge >= 0.3 is 0 Å². The zero-order valence-electron chi connectivity index (χ0n) is 7.96. The lowest BCUT2D eigenvalue weighted by atomic mass is 10.00. The summed E-state index contributed by atoms with van der Waals surface area (Å²) in [6.45, 7) is 2.09. The number of nitrogens with two attached hydrogens (primary N) is 1. The summed E-state index contributed by atoms with van der Waals surface area (Å²) in [5.41, 5.74) is 8.00. The zero-order valence-corrected chi connectivity index (χ0v) is 7.96. The molecule has 1 rings (SSSR count). The summed E-state index contributed by atoms with van der Waals surface area (Å²) in [4.78, 5) is 0. The monoisotopic (exact) mass is 173 g/mol. The average molecular weight is 173 g/mol. The van der Waals surface area contributed by atoms with Gasteiger partial charge in [0.05, 0.1) is 0 Å². The minimum absolute atomic E-state index is 0.217. The highest BCUT2D eigenvalue weighted by atomic mass is 14.6. The highest BCUT2D eigenvalue weighted by molar-refractivity contribution is 5.40. The molecule has 0 fully saturated rings. The number of hydrogen-bond acceptors (Lipinski definition) is 1. The van der Waals surface area contributed by atoms with Crippen LogP contribution in [0.2, 0.25) is 0 Å². The molecule has 13 heavy (non-hydrogen) atoms. The van der Waals surface area contributed by atoms with Crippen molar-refractivity contribution in [2.45, 2.75) is 25.8 Å². The summed E-state index contributed by atoms with van der Waals surface area (Å²) < 4.78 is 0. The fourth-order valence-corrected chi connectivity index (χ4v) is 1.27. The van der Waals surface area contributed by atoms with Crippen LogP contribution in [0.25, 0.3) is 0 Å². The molecule has 2 N–H and O–H groups in total. The van der Waals surface area contributed by atoms with Crippen molar-refractivity contribution in [2.75, 3.05) is 0 Å². The van der Waals surface area contributed by atoms with E-state index in [2.05, 4.69) is 12.8 Å². The minimum atomic E-state index is 0.217. The predicted molar refractivity (Wildman–Crippen MR) is 56.3 cm³/mol. The molecule has 1 nitrogen and oxygen atoms in total. The standard InChI is InChI=1S/C12H15N/c1-3-10-7-5-6-8-11(10)9-12(13)4-2/h1,5-8,12H,4,9,13H2,2H3. The fraction of sp³-hybridized carbons (Fsp3) is 0.333. The highest BCUT2D eigenvalue weighted by Gasteiger charge is 2.03. The quantitative estimate of drug-likeness (QED) is 0.695. The van der Waals surface area contributed by atoms with Crippen molar-refractivity contribution >= 4 is 0 Å². The average Bonchev–Trinajstić information content (AvgIpc) is 2.18. The molecule has 0 aliphatic rings. The van der Waals surface area contributed by atoms with Crippen LogP contribution >= 0.6 is 0 Å². The second kappa shape index (κ2) is 4.69. The summed E-state index contributed by atoms with van der Waals surface area (Å²) in [6.07, 6.45) is 7.23. The van der Waals surface area contributed by atoms with Crippen LogP contribution in [0.15, 0.2) is 24.3 Å². The van der Waals surface area contributed by atoms with Crippen molar-refractivity contribution in [3.8, 4) is 12.3 Å². The lowest BCUT2D eigenvalue weighted by molar-refractivity contribution is 0.646. The van der Waals surface area contributed by atoms with E-state index in [1.54, 1.807) is 0 Å². The van der Waals surface area contributed by atoms with Crippen molar-refractivity contribution in [3.63, 3.8) is 0 Å². The largest absolute Gasteiger partial charge is 0.327 e. The Kier molecular flexibility index (Phi) is 3.54. The van der Waals surface area contributed by atoms with Crippen molar-refractivity contribution in [2.24, 2.45) is 5.73 Å². The van der Waals surface area contributed by atoms with E-state index < -0.39 is 0 Å². The van der Waals surface area contributed by atoms with Gasteiger partial charge in [-0.05, 0) is 24.5 Å². The molecule has 1 heteroatoms. The molecule has 1 aromatic carbocycles. The van der Waals surface area contributed by atoms with Gasteiger partial charge in [0, 0.05) is 11.6 Å². The minimum Gasteiger partial charge on any atom is -0.327 e. The van der Waals surface area contributed by atoms with Gasteiger partial charge < -0.3 is 5.73 Å². The third-order valence-corrected chi connectivity index (χ3v) is 2.18. The van der Waals surface area contributed by atoms with Crippen molar-refractivity contribution in [1.82, 2.24) is 0 Å². The summed E-state index contributed by atoms with van der Waals surface area (Å²) >= 11 is 0. The van der Waals surface area contributed by atoms with Gasteiger partial charge in [-0.2, -0.15) is 0 Å². The van der Waals surface area contributed by atoms with Gasteiger partial charge in [0.25, 0.3) is 0 Å². The van der Waals surface area contributed by atoms with E-state index in [0.717, 1.165) is 18.4 Å². The molecular weight excluding hydrogens is 158 g/mol. The predicted octanol–water partition coefficient (Wildman–Crippen LogP) is 1.95. The van der Waals surface area contributed by atoms with Gasteiger partial charge in [-0.25, -0.2) is 0 Å². The van der Waals surface area contributed by atoms with Crippen LogP contribution in [0.1, 0.15) is 24.5 Å². The Balaban J connectivity index is 2.82. The Bertz CT molecular complexity index is 309. The molecule has 1 unspecified atom stereocenters. The Hall–Kier alpha value is -1.26. The third-order valence-electron chi connectivity index (χ3n) is 2.18. The maximum Gasteiger partial charge on any atom is 0.0275 e. The van der Waals surface area contributed by atoms with Crippen molar-refractivity contribution in [3.05, 3.63) is 35.4 Å². The first-order valence-corrected chi connectivity index (χ1v) is 4.58. The maximum atomic E-state index is 5.86. The first-order valence-electron chi connectivity index (χ1n) is 4.58. The van der Waals surface area contributed by atoms with E-state index in [1.807, 2.05) is 24.3 Å². The Labute approximate surface area is 80.0 Å². The van der Waals surface area contributed by atoms with Gasteiger partial charge in [-0.15, -0.1) is 6.42 Å². The zero-order chi connectivity index (χ0) is 9.68. The maximum absolute atomic E-state index is 5.86. The van der Waals surface area contributed by atoms with E-state index in [4.69, 9.17) is 12.2 Å². The molecule has 0 saturated carbocycles. The van der Waals surface area contributed by atoms with Gasteiger partial charge in [0.15, 0.2) is 0 Å². The van der Waals surface area contributed by atoms with Gasteiger partial charge in [-0.3, -0.25) is 0 Å². The number of hydrogen-bond donors (Lipinski definition) is 1. The molecule has 1 aromatic rings. The van der Waals surface area contributed by atoms with E-state index in [0.29, 0.717) is 0 Å². The third kappa shape index (κ3) is 2.61. The van der Waals surface area contributed by atoms with E-state index in [1.165, 1.54) is 5.56 Å². The summed E-state index contributed by atoms with van der Waals surface area (Å²) in [5.74, 6) is 2.67. The molecule has 0 aliphatic heterocycles. The molecule has 0 heterocycles. The molecule has 0 spiro atoms. The molecule has 0 saturated heterocycles. The lowest BCUT2D eigenvalue weighted by Crippen LogP contribution is -2.21. The smallest absolute Gasteiger partial charge is 0.0275 e. The van der Waals surface area contributed by atoms with Crippen LogP contribution in [0.3, 0.4) is 0 Å². The molecular formula is C12H15N. The molecule has 0 aromatic heterocycles. The van der Waals surface area contributed by atoms with Crippen LogP contribution < -0.4 is 5.73 Å². The number of benzene rings is 1. The normalized spacial score (nSPS) is 12.1. The summed E-state index contributed by atoms with van der Waals surface area (Å²) in [6, 6.07) is 8.17. The van der Waals surface area contributed by atoms with Gasteiger partial charge in [0.2, 0.25) is 0 Å². The first kappa shape index (κ1) is 9.83. The Morgan fingerprint density at radius 2 is 2.15 bits per heavy atom. The fourth-order valence-electron chi connectivity index (χ4n) is 1.27. The molecule has 0 radical (unpaired) electrons.